The van der Waals surface area contributed by atoms with E-state index in [4.69, 9.17) is 0 Å². The number of benzene rings is 4. The number of pyridine rings is 1. The summed E-state index contributed by atoms with van der Waals surface area (Å²) in [5.74, 6) is 0. The van der Waals surface area contributed by atoms with E-state index < -0.39 is 4.92 Å². The third kappa shape index (κ3) is 3.26. The Balaban J connectivity index is 1.97. The van der Waals surface area contributed by atoms with Gasteiger partial charge in [0.2, 0.25) is 0 Å². The summed E-state index contributed by atoms with van der Waals surface area (Å²) >= 11 is 0. The number of hydrogen-bond donors (Lipinski definition) is 0. The first-order chi connectivity index (χ1) is 15.6. The van der Waals surface area contributed by atoms with Gasteiger partial charge in [-0.1, -0.05) is 78.9 Å². The molecule has 0 spiro atoms. The monoisotopic (exact) mass is 418 g/mol. The first-order valence-electron chi connectivity index (χ1n) is 10.2. The second-order valence-corrected chi connectivity index (χ2v) is 7.42. The van der Waals surface area contributed by atoms with Crippen LogP contribution in [0.15, 0.2) is 114 Å². The number of aromatic nitrogens is 1. The van der Waals surface area contributed by atoms with E-state index in [-0.39, 0.29) is 11.2 Å². The summed E-state index contributed by atoms with van der Waals surface area (Å²) in [4.78, 5) is 24.5. The van der Waals surface area contributed by atoms with Crippen LogP contribution in [0.3, 0.4) is 0 Å². The van der Waals surface area contributed by atoms with Crippen LogP contribution < -0.4 is 5.56 Å². The maximum Gasteiger partial charge on any atom is 0.269 e. The summed E-state index contributed by atoms with van der Waals surface area (Å²) in [5.41, 5.74) is 3.92. The molecule has 154 valence electrons. The summed E-state index contributed by atoms with van der Waals surface area (Å²) in [6.45, 7) is 0. The van der Waals surface area contributed by atoms with Gasteiger partial charge in [0.1, 0.15) is 0 Å². The van der Waals surface area contributed by atoms with Crippen molar-refractivity contribution in [2.45, 2.75) is 0 Å². The highest BCUT2D eigenvalue weighted by molar-refractivity contribution is 6.03. The Morgan fingerprint density at radius 2 is 1.16 bits per heavy atom. The van der Waals surface area contributed by atoms with Crippen molar-refractivity contribution >= 4 is 16.5 Å². The topological polar surface area (TPSA) is 65.1 Å². The fourth-order valence-corrected chi connectivity index (χ4v) is 4.09. The highest BCUT2D eigenvalue weighted by Crippen LogP contribution is 2.38. The minimum absolute atomic E-state index is 0.0212. The highest BCUT2D eigenvalue weighted by atomic mass is 16.6. The largest absolute Gasteiger partial charge is 0.276 e. The van der Waals surface area contributed by atoms with Gasteiger partial charge in [0.15, 0.2) is 0 Å². The summed E-state index contributed by atoms with van der Waals surface area (Å²) < 4.78 is 1.66. The minimum Gasteiger partial charge on any atom is -0.276 e. The number of non-ortho nitro benzene ring substituents is 1. The first-order valence-corrected chi connectivity index (χ1v) is 10.2. The molecule has 0 saturated heterocycles. The van der Waals surface area contributed by atoms with Crippen LogP contribution in [-0.4, -0.2) is 9.49 Å². The van der Waals surface area contributed by atoms with Crippen LogP contribution in [0, 0.1) is 10.1 Å². The van der Waals surface area contributed by atoms with Gasteiger partial charge in [-0.15, -0.1) is 0 Å². The third-order valence-corrected chi connectivity index (χ3v) is 5.52. The fourth-order valence-electron chi connectivity index (χ4n) is 4.09. The lowest BCUT2D eigenvalue weighted by molar-refractivity contribution is -0.384. The Morgan fingerprint density at radius 1 is 0.625 bits per heavy atom. The molecule has 0 bridgehead atoms. The normalized spacial score (nSPS) is 10.9. The number of fused-ring (bicyclic) bond motifs is 1. The van der Waals surface area contributed by atoms with Crippen LogP contribution in [0.5, 0.6) is 0 Å². The molecule has 1 aromatic heterocycles. The molecule has 0 unspecified atom stereocenters. The van der Waals surface area contributed by atoms with Crippen molar-refractivity contribution in [3.8, 4) is 28.1 Å². The molecule has 0 N–H and O–H groups in total. The van der Waals surface area contributed by atoms with E-state index in [2.05, 4.69) is 0 Å². The molecule has 4 aromatic carbocycles. The zero-order valence-electron chi connectivity index (χ0n) is 17.0. The lowest BCUT2D eigenvalue weighted by Gasteiger charge is -2.20. The Labute approximate surface area is 184 Å². The summed E-state index contributed by atoms with van der Waals surface area (Å²) in [6.07, 6.45) is 0. The molecule has 0 aliphatic rings. The second kappa shape index (κ2) is 7.96. The van der Waals surface area contributed by atoms with Crippen molar-refractivity contribution in [1.29, 1.82) is 0 Å². The lowest BCUT2D eigenvalue weighted by Crippen LogP contribution is -2.21. The van der Waals surface area contributed by atoms with Crippen molar-refractivity contribution in [1.82, 2.24) is 4.57 Å². The molecule has 0 saturated carbocycles. The Kier molecular flexibility index (Phi) is 4.84. The summed E-state index contributed by atoms with van der Waals surface area (Å²) in [5, 5.41) is 12.6. The van der Waals surface area contributed by atoms with Gasteiger partial charge in [0.25, 0.3) is 11.2 Å². The lowest BCUT2D eigenvalue weighted by atomic mass is 9.93. The van der Waals surface area contributed by atoms with E-state index in [1.54, 1.807) is 16.7 Å². The predicted molar refractivity (Wildman–Crippen MR) is 127 cm³/mol. The Hall–Kier alpha value is -4.51. The smallest absolute Gasteiger partial charge is 0.269 e. The SMILES string of the molecule is O=c1c2ccccc2c(-c2ccccc2)c(-c2ccccc2)n1-c1ccc([N+](=O)[O-])cc1. The second-order valence-electron chi connectivity index (χ2n) is 7.42. The van der Waals surface area contributed by atoms with Crippen LogP contribution in [0.25, 0.3) is 38.8 Å². The molecular formula is C27H18N2O3. The highest BCUT2D eigenvalue weighted by Gasteiger charge is 2.20. The van der Waals surface area contributed by atoms with E-state index in [9.17, 15) is 14.9 Å². The van der Waals surface area contributed by atoms with Crippen molar-refractivity contribution in [3.63, 3.8) is 0 Å². The molecule has 0 amide bonds. The summed E-state index contributed by atoms with van der Waals surface area (Å²) in [7, 11) is 0. The van der Waals surface area contributed by atoms with Gasteiger partial charge in [0.05, 0.1) is 10.6 Å². The van der Waals surface area contributed by atoms with Crippen LogP contribution in [0.1, 0.15) is 0 Å². The molecule has 0 aliphatic heterocycles. The van der Waals surface area contributed by atoms with Crippen molar-refractivity contribution in [2.24, 2.45) is 0 Å². The average molecular weight is 418 g/mol. The molecule has 0 radical (unpaired) electrons. The molecule has 5 heteroatoms. The fraction of sp³-hybridized carbons (Fsp3) is 0. The van der Waals surface area contributed by atoms with Gasteiger partial charge in [-0.3, -0.25) is 19.5 Å². The van der Waals surface area contributed by atoms with Gasteiger partial charge < -0.3 is 0 Å². The van der Waals surface area contributed by atoms with Gasteiger partial charge in [-0.05, 0) is 34.7 Å². The van der Waals surface area contributed by atoms with Gasteiger partial charge in [0, 0.05) is 28.8 Å². The van der Waals surface area contributed by atoms with Gasteiger partial charge in [-0.25, -0.2) is 0 Å². The maximum atomic E-state index is 13.8. The van der Waals surface area contributed by atoms with Crippen molar-refractivity contribution in [2.75, 3.05) is 0 Å². The zero-order chi connectivity index (χ0) is 22.1. The molecule has 0 fully saturated rings. The number of rotatable bonds is 4. The number of nitro benzene ring substituents is 1. The average Bonchev–Trinajstić information content (AvgIpc) is 2.85. The maximum absolute atomic E-state index is 13.8. The predicted octanol–water partition coefficient (Wildman–Crippen LogP) is 6.23. The molecule has 5 aromatic rings. The Morgan fingerprint density at radius 3 is 1.75 bits per heavy atom. The molecule has 32 heavy (non-hydrogen) atoms. The number of nitrogens with zero attached hydrogens (tertiary/aromatic N) is 2. The molecule has 1 heterocycles. The number of nitro groups is 1. The Bertz CT molecular complexity index is 1490. The standard InChI is InChI=1S/C27H18N2O3/c30-27-24-14-8-7-13-23(24)25(19-9-3-1-4-10-19)26(20-11-5-2-6-12-20)28(27)21-15-17-22(18-16-21)29(31)32/h1-18H. The molecule has 5 nitrogen and oxygen atoms in total. The van der Waals surface area contributed by atoms with E-state index in [0.29, 0.717) is 11.1 Å². The molecule has 0 aliphatic carbocycles. The number of hydrogen-bond acceptors (Lipinski definition) is 3. The quantitative estimate of drug-likeness (QED) is 0.257. The molecule has 5 rings (SSSR count). The van der Waals surface area contributed by atoms with Crippen LogP contribution in [0.4, 0.5) is 5.69 Å². The van der Waals surface area contributed by atoms with Crippen molar-refractivity contribution < 1.29 is 4.92 Å². The van der Waals surface area contributed by atoms with Gasteiger partial charge in [-0.2, -0.15) is 0 Å². The third-order valence-electron chi connectivity index (χ3n) is 5.52. The van der Waals surface area contributed by atoms with E-state index >= 15 is 0 Å². The van der Waals surface area contributed by atoms with Crippen molar-refractivity contribution in [3.05, 3.63) is 130 Å². The van der Waals surface area contributed by atoms with Gasteiger partial charge >= 0.3 is 0 Å². The molecule has 0 atom stereocenters. The molecular weight excluding hydrogens is 400 g/mol. The van der Waals surface area contributed by atoms with E-state index in [1.807, 2.05) is 84.9 Å². The van der Waals surface area contributed by atoms with Crippen LogP contribution in [-0.2, 0) is 0 Å². The van der Waals surface area contributed by atoms with Crippen LogP contribution >= 0.6 is 0 Å². The minimum atomic E-state index is -0.444. The summed E-state index contributed by atoms with van der Waals surface area (Å²) in [6, 6.07) is 33.3. The first kappa shape index (κ1) is 19.5. The van der Waals surface area contributed by atoms with E-state index in [0.717, 1.165) is 27.8 Å². The zero-order valence-corrected chi connectivity index (χ0v) is 17.0. The van der Waals surface area contributed by atoms with Crippen LogP contribution in [0.2, 0.25) is 0 Å². The van der Waals surface area contributed by atoms with E-state index in [1.165, 1.54) is 12.1 Å².